The lowest BCUT2D eigenvalue weighted by Crippen LogP contribution is -2.28. The lowest BCUT2D eigenvalue weighted by atomic mass is 10.1. The number of rotatable bonds is 6. The van der Waals surface area contributed by atoms with Crippen molar-refractivity contribution in [3.05, 3.63) is 83.9 Å². The number of carbonyl (C=O) groups excluding carboxylic acids is 2. The minimum atomic E-state index is -0.230. The summed E-state index contributed by atoms with van der Waals surface area (Å²) >= 11 is 5.67. The van der Waals surface area contributed by atoms with Crippen LogP contribution >= 0.6 is 11.6 Å². The first-order valence-electron chi connectivity index (χ1n) is 9.77. The van der Waals surface area contributed by atoms with Crippen LogP contribution in [-0.4, -0.2) is 24.3 Å². The van der Waals surface area contributed by atoms with Gasteiger partial charge in [-0.2, -0.15) is 0 Å². The fraction of sp³-hybridized carbons (Fsp3) is 0.167. The van der Waals surface area contributed by atoms with Gasteiger partial charge in [-0.25, -0.2) is 0 Å². The van der Waals surface area contributed by atoms with Gasteiger partial charge in [-0.05, 0) is 48.4 Å². The second-order valence-corrected chi connectivity index (χ2v) is 7.31. The molecule has 1 aliphatic rings. The molecule has 0 aromatic heterocycles. The molecule has 0 spiro atoms. The minimum Gasteiger partial charge on any atom is -0.494 e. The number of fused-ring (bicyclic) bond motifs is 2. The predicted octanol–water partition coefficient (Wildman–Crippen LogP) is 5.17. The van der Waals surface area contributed by atoms with Crippen LogP contribution in [0, 0.1) is 0 Å². The van der Waals surface area contributed by atoms with Crippen molar-refractivity contribution >= 4 is 40.5 Å². The Bertz CT molecular complexity index is 1070. The number of hydrogen-bond acceptors (Lipinski definition) is 3. The quantitative estimate of drug-likeness (QED) is 0.442. The summed E-state index contributed by atoms with van der Waals surface area (Å²) in [5.74, 6) is 0.952. The van der Waals surface area contributed by atoms with E-state index >= 15 is 0 Å². The fourth-order valence-corrected chi connectivity index (χ4v) is 3.53. The summed E-state index contributed by atoms with van der Waals surface area (Å²) in [6.45, 7) is 0.560. The number of para-hydroxylation sites is 3. The van der Waals surface area contributed by atoms with E-state index in [0.29, 0.717) is 35.1 Å². The average Bonchev–Trinajstić information content (AvgIpc) is 2.89. The highest BCUT2D eigenvalue weighted by Gasteiger charge is 2.28. The van der Waals surface area contributed by atoms with Gasteiger partial charge in [0.2, 0.25) is 5.91 Å². The van der Waals surface area contributed by atoms with E-state index in [9.17, 15) is 9.59 Å². The number of alkyl halides is 1. The summed E-state index contributed by atoms with van der Waals surface area (Å²) in [6.07, 6.45) is 0.973. The van der Waals surface area contributed by atoms with E-state index in [1.807, 2.05) is 48.5 Å². The van der Waals surface area contributed by atoms with Crippen LogP contribution < -0.4 is 15.0 Å². The molecule has 3 aromatic rings. The van der Waals surface area contributed by atoms with Crippen molar-refractivity contribution in [1.29, 1.82) is 0 Å². The Morgan fingerprint density at radius 1 is 0.933 bits per heavy atom. The highest BCUT2D eigenvalue weighted by atomic mass is 35.5. The Morgan fingerprint density at radius 3 is 2.40 bits per heavy atom. The predicted molar refractivity (Wildman–Crippen MR) is 119 cm³/mol. The van der Waals surface area contributed by atoms with Gasteiger partial charge in [-0.3, -0.25) is 14.5 Å². The summed E-state index contributed by atoms with van der Waals surface area (Å²) in [5.41, 5.74) is 3.16. The minimum absolute atomic E-state index is 0.123. The van der Waals surface area contributed by atoms with Crippen LogP contribution in [0.15, 0.2) is 72.8 Å². The molecule has 0 bridgehead atoms. The summed E-state index contributed by atoms with van der Waals surface area (Å²) in [5, 5.41) is 2.90. The Kier molecular flexibility index (Phi) is 6.00. The topological polar surface area (TPSA) is 58.6 Å². The van der Waals surface area contributed by atoms with Gasteiger partial charge >= 0.3 is 0 Å². The van der Waals surface area contributed by atoms with Gasteiger partial charge in [-0.1, -0.05) is 36.4 Å². The molecule has 2 amide bonds. The smallest absolute Gasteiger partial charge is 0.257 e. The number of amides is 2. The monoisotopic (exact) mass is 420 g/mol. The van der Waals surface area contributed by atoms with Crippen LogP contribution in [0.4, 0.5) is 17.1 Å². The molecule has 5 nitrogen and oxygen atoms in total. The van der Waals surface area contributed by atoms with Crippen molar-refractivity contribution in [2.75, 3.05) is 22.7 Å². The molecular formula is C24H21ClN2O3. The first-order valence-corrected chi connectivity index (χ1v) is 10.3. The van der Waals surface area contributed by atoms with E-state index in [-0.39, 0.29) is 18.2 Å². The molecule has 1 aliphatic heterocycles. The first kappa shape index (κ1) is 20.0. The Labute approximate surface area is 180 Å². The molecule has 1 N–H and O–H groups in total. The summed E-state index contributed by atoms with van der Waals surface area (Å²) < 4.78 is 5.62. The van der Waals surface area contributed by atoms with E-state index < -0.39 is 0 Å². The van der Waals surface area contributed by atoms with Crippen LogP contribution in [0.2, 0.25) is 0 Å². The third kappa shape index (κ3) is 4.16. The molecule has 152 valence electrons. The van der Waals surface area contributed by atoms with Crippen LogP contribution in [0.5, 0.6) is 5.75 Å². The zero-order chi connectivity index (χ0) is 20.9. The van der Waals surface area contributed by atoms with Gasteiger partial charge in [0.05, 0.1) is 35.7 Å². The molecule has 30 heavy (non-hydrogen) atoms. The van der Waals surface area contributed by atoms with Gasteiger partial charge in [0.25, 0.3) is 5.91 Å². The van der Waals surface area contributed by atoms with Gasteiger partial charge in [0, 0.05) is 5.88 Å². The maximum Gasteiger partial charge on any atom is 0.257 e. The zero-order valence-electron chi connectivity index (χ0n) is 16.3. The molecule has 0 saturated heterocycles. The number of halogens is 1. The highest BCUT2D eigenvalue weighted by molar-refractivity contribution is 6.18. The Morgan fingerprint density at radius 2 is 1.63 bits per heavy atom. The lowest BCUT2D eigenvalue weighted by Gasteiger charge is -2.24. The second-order valence-electron chi connectivity index (χ2n) is 6.93. The van der Waals surface area contributed by atoms with Crippen molar-refractivity contribution in [3.8, 4) is 5.75 Å². The van der Waals surface area contributed by atoms with Gasteiger partial charge < -0.3 is 10.1 Å². The first-order chi connectivity index (χ1) is 14.7. The van der Waals surface area contributed by atoms with E-state index in [2.05, 4.69) is 5.32 Å². The molecule has 0 unspecified atom stereocenters. The molecule has 6 heteroatoms. The largest absolute Gasteiger partial charge is 0.494 e. The van der Waals surface area contributed by atoms with Crippen molar-refractivity contribution in [2.24, 2.45) is 0 Å². The van der Waals surface area contributed by atoms with Gasteiger partial charge in [0.1, 0.15) is 5.75 Å². The third-order valence-corrected chi connectivity index (χ3v) is 5.12. The maximum atomic E-state index is 13.4. The number of carbonyl (C=O) groups is 2. The molecule has 4 rings (SSSR count). The molecule has 0 radical (unpaired) electrons. The number of hydrogen-bond donors (Lipinski definition) is 1. The number of nitrogens with one attached hydrogen (secondary N) is 1. The number of ether oxygens (including phenoxy) is 1. The average molecular weight is 421 g/mol. The molecule has 1 heterocycles. The molecule has 0 fully saturated rings. The molecule has 0 atom stereocenters. The van der Waals surface area contributed by atoms with Crippen molar-refractivity contribution in [1.82, 2.24) is 0 Å². The molecule has 0 saturated carbocycles. The third-order valence-electron chi connectivity index (χ3n) is 4.86. The van der Waals surface area contributed by atoms with E-state index in [1.54, 1.807) is 29.2 Å². The molecule has 0 aliphatic carbocycles. The number of benzene rings is 3. The summed E-state index contributed by atoms with van der Waals surface area (Å²) in [7, 11) is 0. The van der Waals surface area contributed by atoms with Crippen LogP contribution in [-0.2, 0) is 11.2 Å². The summed E-state index contributed by atoms with van der Waals surface area (Å²) in [4.78, 5) is 27.7. The molecular weight excluding hydrogens is 400 g/mol. The standard InChI is InChI=1S/C24H21ClN2O3/c25-14-5-15-30-18-12-10-17(11-13-18)16-23(28)27-21-8-3-1-6-19(21)24(29)26-20-7-2-4-9-22(20)27/h1-4,6-13H,5,14-16H2,(H,26,29). The van der Waals surface area contributed by atoms with Crippen LogP contribution in [0.3, 0.4) is 0 Å². The van der Waals surface area contributed by atoms with E-state index in [1.165, 1.54) is 0 Å². The normalized spacial score (nSPS) is 12.4. The zero-order valence-corrected chi connectivity index (χ0v) is 17.1. The number of anilines is 3. The van der Waals surface area contributed by atoms with E-state index in [0.717, 1.165) is 17.7 Å². The lowest BCUT2D eigenvalue weighted by molar-refractivity contribution is -0.117. The summed E-state index contributed by atoms with van der Waals surface area (Å²) in [6, 6.07) is 21.9. The van der Waals surface area contributed by atoms with Crippen molar-refractivity contribution in [3.63, 3.8) is 0 Å². The Hall–Kier alpha value is -3.31. The van der Waals surface area contributed by atoms with Crippen LogP contribution in [0.25, 0.3) is 0 Å². The van der Waals surface area contributed by atoms with Gasteiger partial charge in [0.15, 0.2) is 0 Å². The van der Waals surface area contributed by atoms with Crippen molar-refractivity contribution in [2.45, 2.75) is 12.8 Å². The Balaban J connectivity index is 1.62. The fourth-order valence-electron chi connectivity index (χ4n) is 3.42. The van der Waals surface area contributed by atoms with Gasteiger partial charge in [-0.15, -0.1) is 11.6 Å². The van der Waals surface area contributed by atoms with E-state index in [4.69, 9.17) is 16.3 Å². The number of nitrogens with zero attached hydrogens (tertiary/aromatic N) is 1. The maximum absolute atomic E-state index is 13.4. The highest BCUT2D eigenvalue weighted by Crippen LogP contribution is 2.38. The van der Waals surface area contributed by atoms with Crippen molar-refractivity contribution < 1.29 is 14.3 Å². The second kappa shape index (κ2) is 9.01. The molecule has 3 aromatic carbocycles. The van der Waals surface area contributed by atoms with Crippen LogP contribution in [0.1, 0.15) is 22.3 Å². The SMILES string of the molecule is O=C1Nc2ccccc2N(C(=O)Cc2ccc(OCCCCl)cc2)c2ccccc21.